The molecule has 0 aromatic heterocycles. The van der Waals surface area contributed by atoms with E-state index in [0.717, 1.165) is 0 Å². The Labute approximate surface area is 178 Å². The number of hydrogen-bond donors (Lipinski definition) is 5. The van der Waals surface area contributed by atoms with Gasteiger partial charge in [-0.15, -0.1) is 17.5 Å². The second kappa shape index (κ2) is 8.50. The van der Waals surface area contributed by atoms with Gasteiger partial charge in [0.2, 0.25) is 7.56 Å². The Kier molecular flexibility index (Phi) is 6.00. The van der Waals surface area contributed by atoms with Gasteiger partial charge in [-0.05, 0) is 29.8 Å². The molecule has 2 saturated heterocycles. The van der Waals surface area contributed by atoms with Gasteiger partial charge in [0.1, 0.15) is 16.8 Å². The highest BCUT2D eigenvalue weighted by Crippen LogP contribution is 2.56. The van der Waals surface area contributed by atoms with E-state index < -0.39 is 7.56 Å². The predicted octanol–water partition coefficient (Wildman–Crippen LogP) is 2.18. The fourth-order valence-electron chi connectivity index (χ4n) is 4.35. The fourth-order valence-corrected chi connectivity index (χ4v) is 7.95. The number of nitrogens with one attached hydrogen (secondary N) is 4. The van der Waals surface area contributed by atoms with Crippen molar-refractivity contribution in [2.24, 2.45) is 11.7 Å². The van der Waals surface area contributed by atoms with Crippen LogP contribution >= 0.6 is 20.0 Å². The van der Waals surface area contributed by atoms with E-state index in [2.05, 4.69) is 112 Å². The van der Waals surface area contributed by atoms with Crippen molar-refractivity contribution >= 4 is 30.6 Å². The van der Waals surface area contributed by atoms with Crippen molar-refractivity contribution in [3.8, 4) is 0 Å². The fraction of sp³-hybridized carbons (Fsp3) is 0.182. The summed E-state index contributed by atoms with van der Waals surface area (Å²) in [5.74, 6) is 0.183. The van der Waals surface area contributed by atoms with E-state index in [4.69, 9.17) is 5.73 Å². The highest BCUT2D eigenvalue weighted by molar-refractivity contribution is 7.86. The van der Waals surface area contributed by atoms with Crippen LogP contribution in [0.2, 0.25) is 0 Å². The second-order valence-corrected chi connectivity index (χ2v) is 10.2. The topological polar surface area (TPSA) is 74.1 Å². The van der Waals surface area contributed by atoms with Gasteiger partial charge in [0.05, 0.1) is 12.2 Å². The molecule has 5 nitrogen and oxygen atoms in total. The van der Waals surface area contributed by atoms with E-state index in [1.165, 1.54) is 16.2 Å². The lowest BCUT2D eigenvalue weighted by molar-refractivity contribution is 0.304. The highest BCUT2D eigenvalue weighted by Gasteiger charge is 2.57. The average molecular weight is 427 g/mol. The molecule has 5 rings (SSSR count). The van der Waals surface area contributed by atoms with E-state index in [1.807, 2.05) is 0 Å². The van der Waals surface area contributed by atoms with Crippen molar-refractivity contribution in [2.75, 3.05) is 0 Å². The first-order chi connectivity index (χ1) is 13.8. The van der Waals surface area contributed by atoms with Crippen LogP contribution in [0.3, 0.4) is 0 Å². The summed E-state index contributed by atoms with van der Waals surface area (Å²) >= 11 is 0. The Morgan fingerprint density at radius 2 is 1.17 bits per heavy atom. The van der Waals surface area contributed by atoms with Crippen LogP contribution in [0.4, 0.5) is 0 Å². The van der Waals surface area contributed by atoms with Gasteiger partial charge < -0.3 is 5.73 Å². The molecule has 2 fully saturated rings. The van der Waals surface area contributed by atoms with Gasteiger partial charge in [-0.25, -0.2) is 10.9 Å². The largest absolute Gasteiger partial charge is 0.315 e. The summed E-state index contributed by atoms with van der Waals surface area (Å²) in [6.45, 7) is 0. The minimum absolute atomic E-state index is 0. The molecule has 150 valence electrons. The maximum atomic E-state index is 6.44. The first kappa shape index (κ1) is 20.5. The summed E-state index contributed by atoms with van der Waals surface area (Å²) in [7, 11) is -2.07. The SMILES string of the molecule is Cl.NC1NNC2N[P+](c3ccccc3)(c3ccccc3)NC(c3ccccc3)C12. The van der Waals surface area contributed by atoms with Gasteiger partial charge in [0.25, 0.3) is 0 Å². The van der Waals surface area contributed by atoms with Crippen LogP contribution in [0.1, 0.15) is 11.6 Å². The highest BCUT2D eigenvalue weighted by atomic mass is 35.5. The number of halogens is 1. The Hall–Kier alpha value is -1.82. The average Bonchev–Trinajstić information content (AvgIpc) is 3.15. The van der Waals surface area contributed by atoms with Gasteiger partial charge in [0, 0.05) is 5.92 Å². The van der Waals surface area contributed by atoms with Crippen molar-refractivity contribution in [1.82, 2.24) is 21.0 Å². The number of nitrogens with two attached hydrogens (primary N) is 1. The number of hydrogen-bond acceptors (Lipinski definition) is 5. The van der Waals surface area contributed by atoms with Crippen LogP contribution in [-0.4, -0.2) is 12.3 Å². The number of hydrazine groups is 1. The Morgan fingerprint density at radius 1 is 0.655 bits per heavy atom. The molecule has 4 unspecified atom stereocenters. The van der Waals surface area contributed by atoms with Crippen molar-refractivity contribution < 1.29 is 0 Å². The molecule has 2 heterocycles. The van der Waals surface area contributed by atoms with E-state index in [1.54, 1.807) is 0 Å². The maximum absolute atomic E-state index is 6.44. The Bertz CT molecular complexity index is 888. The smallest absolute Gasteiger partial charge is 0.215 e. The normalized spacial score (nSPS) is 27.6. The van der Waals surface area contributed by atoms with Crippen molar-refractivity contribution in [1.29, 1.82) is 0 Å². The molecule has 29 heavy (non-hydrogen) atoms. The number of fused-ring (bicyclic) bond motifs is 1. The minimum atomic E-state index is -2.07. The molecule has 0 spiro atoms. The van der Waals surface area contributed by atoms with Gasteiger partial charge in [-0.2, -0.15) is 5.09 Å². The number of benzene rings is 3. The summed E-state index contributed by atoms with van der Waals surface area (Å²) < 4.78 is 0. The molecule has 0 radical (unpaired) electrons. The van der Waals surface area contributed by atoms with Crippen molar-refractivity contribution in [3.05, 3.63) is 96.6 Å². The quantitative estimate of drug-likeness (QED) is 0.415. The lowest BCUT2D eigenvalue weighted by Crippen LogP contribution is -2.60. The van der Waals surface area contributed by atoms with Crippen LogP contribution in [0.15, 0.2) is 91.0 Å². The van der Waals surface area contributed by atoms with Crippen molar-refractivity contribution in [3.63, 3.8) is 0 Å². The third-order valence-corrected chi connectivity index (χ3v) is 9.18. The van der Waals surface area contributed by atoms with E-state index in [9.17, 15) is 0 Å². The third kappa shape index (κ3) is 3.60. The second-order valence-electron chi connectivity index (χ2n) is 7.36. The summed E-state index contributed by atoms with van der Waals surface area (Å²) in [5, 5.41) is 10.6. The molecule has 2 aliphatic rings. The van der Waals surface area contributed by atoms with Crippen LogP contribution < -0.4 is 37.4 Å². The first-order valence-electron chi connectivity index (χ1n) is 9.65. The molecule has 3 aromatic carbocycles. The first-order valence-corrected chi connectivity index (χ1v) is 11.4. The van der Waals surface area contributed by atoms with Crippen LogP contribution in [-0.2, 0) is 0 Å². The van der Waals surface area contributed by atoms with Gasteiger partial charge in [0.15, 0.2) is 0 Å². The molecule has 2 aliphatic heterocycles. The minimum Gasteiger partial charge on any atom is -0.315 e. The molecule has 3 aromatic rings. The molecule has 0 amide bonds. The molecule has 6 N–H and O–H groups in total. The Balaban J connectivity index is 0.00000205. The Morgan fingerprint density at radius 3 is 1.72 bits per heavy atom. The van der Waals surface area contributed by atoms with Gasteiger partial charge in [-0.1, -0.05) is 66.7 Å². The lowest BCUT2D eigenvalue weighted by Gasteiger charge is -2.42. The summed E-state index contributed by atoms with van der Waals surface area (Å²) in [5.41, 5.74) is 14.4. The van der Waals surface area contributed by atoms with Crippen LogP contribution in [0.5, 0.6) is 0 Å². The van der Waals surface area contributed by atoms with E-state index in [0.29, 0.717) is 0 Å². The summed E-state index contributed by atoms with van der Waals surface area (Å²) in [6, 6.07) is 32.2. The summed E-state index contributed by atoms with van der Waals surface area (Å²) in [4.78, 5) is 0. The zero-order valence-electron chi connectivity index (χ0n) is 15.9. The third-order valence-electron chi connectivity index (χ3n) is 5.70. The maximum Gasteiger partial charge on any atom is 0.215 e. The molecule has 0 bridgehead atoms. The molecule has 0 saturated carbocycles. The molecule has 0 aliphatic carbocycles. The number of rotatable bonds is 3. The van der Waals surface area contributed by atoms with E-state index in [-0.39, 0.29) is 36.7 Å². The van der Waals surface area contributed by atoms with Gasteiger partial charge in [-0.3, -0.25) is 0 Å². The lowest BCUT2D eigenvalue weighted by atomic mass is 9.90. The predicted molar refractivity (Wildman–Crippen MR) is 123 cm³/mol. The van der Waals surface area contributed by atoms with Crippen LogP contribution in [0, 0.1) is 5.92 Å². The molecular weight excluding hydrogens is 401 g/mol. The monoisotopic (exact) mass is 426 g/mol. The standard InChI is InChI=1S/C22H25N5P.ClH/c23-21-19-20(16-10-4-1-5-11-16)26-28(27-22(19)25-24-21,17-12-6-2-7-13-17)18-14-8-3-9-15-18;/h1-15,19-22,24-27H,23H2;1H/q+1;. The molecule has 4 atom stereocenters. The zero-order valence-corrected chi connectivity index (χ0v) is 17.6. The van der Waals surface area contributed by atoms with Gasteiger partial charge >= 0.3 is 0 Å². The van der Waals surface area contributed by atoms with Crippen LogP contribution in [0.25, 0.3) is 0 Å². The summed E-state index contributed by atoms with van der Waals surface area (Å²) in [6.07, 6.45) is -0.0702. The zero-order chi connectivity index (χ0) is 19.0. The molecular formula is C22H26ClN5P+. The molecule has 7 heteroatoms. The van der Waals surface area contributed by atoms with Crippen molar-refractivity contribution in [2.45, 2.75) is 18.4 Å². The van der Waals surface area contributed by atoms with E-state index >= 15 is 0 Å².